The van der Waals surface area contributed by atoms with Crippen LogP contribution in [0.2, 0.25) is 10.0 Å². The number of carbonyl (C=O) groups is 3. The molecule has 0 aliphatic carbocycles. The zero-order chi connectivity index (χ0) is 27.2. The van der Waals surface area contributed by atoms with Crippen molar-refractivity contribution in [2.45, 2.75) is 37.5 Å². The molecule has 2 aromatic rings. The molecule has 2 heterocycles. The molecule has 0 saturated carbocycles. The standard InChI is InChI=1S/C27H31Cl2N3O6/c1-2-21(31-22(13-37-15-24(31)34)17-3-7-19(28)8-4-17)26(27(36)30-11-12-33)32-23(14-38-16-25(32)35)18-5-9-20(29)10-6-18/h3-10,21-23,26,33H,2,11-16H2,1H3,(H,30,36). The molecule has 0 spiro atoms. The Morgan fingerprint density at radius 3 is 1.87 bits per heavy atom. The second-order valence-corrected chi connectivity index (χ2v) is 10.1. The molecule has 4 unspecified atom stereocenters. The summed E-state index contributed by atoms with van der Waals surface area (Å²) in [6, 6.07) is 11.3. The van der Waals surface area contributed by atoms with Gasteiger partial charge < -0.3 is 29.7 Å². The van der Waals surface area contributed by atoms with Gasteiger partial charge in [0.15, 0.2) is 0 Å². The number of hydrogen-bond acceptors (Lipinski definition) is 6. The van der Waals surface area contributed by atoms with E-state index in [4.69, 9.17) is 32.7 Å². The van der Waals surface area contributed by atoms with E-state index in [-0.39, 0.29) is 51.4 Å². The Morgan fingerprint density at radius 1 is 0.921 bits per heavy atom. The molecule has 0 radical (unpaired) electrons. The Hall–Kier alpha value is -2.69. The van der Waals surface area contributed by atoms with E-state index in [9.17, 15) is 19.5 Å². The SMILES string of the molecule is CCC(C(C(=O)NCCO)N1C(=O)COCC1c1ccc(Cl)cc1)N1C(=O)COCC1c1ccc(Cl)cc1. The Morgan fingerprint density at radius 2 is 1.39 bits per heavy atom. The molecule has 11 heteroatoms. The number of amides is 3. The molecule has 0 bridgehead atoms. The monoisotopic (exact) mass is 563 g/mol. The summed E-state index contributed by atoms with van der Waals surface area (Å²) in [5, 5.41) is 13.2. The quantitative estimate of drug-likeness (QED) is 0.485. The molecule has 9 nitrogen and oxygen atoms in total. The van der Waals surface area contributed by atoms with Gasteiger partial charge in [-0.05, 0) is 41.8 Å². The minimum atomic E-state index is -1.06. The molecule has 2 N–H and O–H groups in total. The maximum Gasteiger partial charge on any atom is 0.249 e. The Balaban J connectivity index is 1.79. The Bertz CT molecular complexity index is 1130. The third kappa shape index (κ3) is 6.13. The number of rotatable bonds is 9. The summed E-state index contributed by atoms with van der Waals surface area (Å²) in [5.74, 6) is -1.12. The first-order chi connectivity index (χ1) is 18.3. The fourth-order valence-electron chi connectivity index (χ4n) is 5.16. The van der Waals surface area contributed by atoms with Gasteiger partial charge in [0.2, 0.25) is 17.7 Å². The molecule has 2 aliphatic rings. The molecule has 0 aromatic heterocycles. The molecule has 38 heavy (non-hydrogen) atoms. The van der Waals surface area contributed by atoms with Crippen LogP contribution < -0.4 is 5.32 Å². The third-order valence-corrected chi connectivity index (χ3v) is 7.38. The minimum absolute atomic E-state index is 0.00752. The van der Waals surface area contributed by atoms with Crippen molar-refractivity contribution >= 4 is 40.9 Å². The lowest BCUT2D eigenvalue weighted by Gasteiger charge is -2.49. The molecule has 2 aromatic carbocycles. The first-order valence-electron chi connectivity index (χ1n) is 12.5. The summed E-state index contributed by atoms with van der Waals surface area (Å²) in [6.45, 7) is 1.69. The van der Waals surface area contributed by atoms with E-state index in [0.717, 1.165) is 11.1 Å². The largest absolute Gasteiger partial charge is 0.395 e. The number of nitrogens with zero attached hydrogens (tertiary/aromatic N) is 2. The van der Waals surface area contributed by atoms with Crippen LogP contribution in [0.15, 0.2) is 48.5 Å². The van der Waals surface area contributed by atoms with Gasteiger partial charge in [-0.25, -0.2) is 0 Å². The number of ether oxygens (including phenoxy) is 2. The van der Waals surface area contributed by atoms with E-state index >= 15 is 0 Å². The van der Waals surface area contributed by atoms with Gasteiger partial charge in [0, 0.05) is 16.6 Å². The van der Waals surface area contributed by atoms with Crippen molar-refractivity contribution in [2.75, 3.05) is 39.6 Å². The average Bonchev–Trinajstić information content (AvgIpc) is 2.92. The Kier molecular flexibility index (Phi) is 9.62. The van der Waals surface area contributed by atoms with Crippen molar-refractivity contribution in [2.24, 2.45) is 0 Å². The van der Waals surface area contributed by atoms with Crippen LogP contribution in [0.5, 0.6) is 0 Å². The predicted octanol–water partition coefficient (Wildman–Crippen LogP) is 2.75. The predicted molar refractivity (Wildman–Crippen MR) is 142 cm³/mol. The zero-order valence-corrected chi connectivity index (χ0v) is 22.5. The first kappa shape index (κ1) is 28.3. The minimum Gasteiger partial charge on any atom is -0.395 e. The van der Waals surface area contributed by atoms with Gasteiger partial charge in [0.1, 0.15) is 19.3 Å². The number of nitrogens with one attached hydrogen (secondary N) is 1. The topological polar surface area (TPSA) is 108 Å². The van der Waals surface area contributed by atoms with E-state index in [0.29, 0.717) is 16.5 Å². The number of morpholine rings is 2. The van der Waals surface area contributed by atoms with E-state index in [2.05, 4.69) is 5.32 Å². The van der Waals surface area contributed by atoms with Crippen molar-refractivity contribution in [3.8, 4) is 0 Å². The fourth-order valence-corrected chi connectivity index (χ4v) is 5.42. The normalized spacial score (nSPS) is 21.8. The highest BCUT2D eigenvalue weighted by atomic mass is 35.5. The molecule has 2 saturated heterocycles. The van der Waals surface area contributed by atoms with Crippen LogP contribution in [0.3, 0.4) is 0 Å². The smallest absolute Gasteiger partial charge is 0.249 e. The van der Waals surface area contributed by atoms with Crippen LogP contribution >= 0.6 is 23.2 Å². The number of halogens is 2. The second kappa shape index (κ2) is 12.9. The lowest BCUT2D eigenvalue weighted by Crippen LogP contribution is -2.65. The van der Waals surface area contributed by atoms with E-state index < -0.39 is 30.1 Å². The van der Waals surface area contributed by atoms with Crippen LogP contribution in [-0.2, 0) is 23.9 Å². The zero-order valence-electron chi connectivity index (χ0n) is 21.0. The number of hydrogen-bond donors (Lipinski definition) is 2. The van der Waals surface area contributed by atoms with Gasteiger partial charge in [0.25, 0.3) is 0 Å². The van der Waals surface area contributed by atoms with Crippen LogP contribution in [-0.4, -0.2) is 84.3 Å². The maximum atomic E-state index is 13.8. The van der Waals surface area contributed by atoms with Crippen LogP contribution in [0.25, 0.3) is 0 Å². The van der Waals surface area contributed by atoms with Gasteiger partial charge in [-0.1, -0.05) is 54.4 Å². The number of aliphatic hydroxyl groups is 1. The molecule has 2 aliphatic heterocycles. The summed E-state index contributed by atoms with van der Waals surface area (Å²) < 4.78 is 11.2. The molecule has 204 valence electrons. The lowest BCUT2D eigenvalue weighted by atomic mass is 9.92. The maximum absolute atomic E-state index is 13.8. The van der Waals surface area contributed by atoms with Gasteiger partial charge in [-0.15, -0.1) is 0 Å². The summed E-state index contributed by atoms with van der Waals surface area (Å²) in [5.41, 5.74) is 1.55. The summed E-state index contributed by atoms with van der Waals surface area (Å²) in [6.07, 6.45) is 0.380. The van der Waals surface area contributed by atoms with E-state index in [1.54, 1.807) is 41.3 Å². The number of carbonyl (C=O) groups excluding carboxylic acids is 3. The van der Waals surface area contributed by atoms with Crippen molar-refractivity contribution in [1.29, 1.82) is 0 Å². The molecular formula is C27H31Cl2N3O6. The van der Waals surface area contributed by atoms with E-state index in [1.165, 1.54) is 4.90 Å². The molecule has 3 amide bonds. The fraction of sp³-hybridized carbons (Fsp3) is 0.444. The molecule has 4 rings (SSSR count). The summed E-state index contributed by atoms with van der Waals surface area (Å²) in [7, 11) is 0. The summed E-state index contributed by atoms with van der Waals surface area (Å²) >= 11 is 12.2. The molecular weight excluding hydrogens is 533 g/mol. The van der Waals surface area contributed by atoms with E-state index in [1.807, 2.05) is 19.1 Å². The van der Waals surface area contributed by atoms with Gasteiger partial charge in [-0.2, -0.15) is 0 Å². The van der Waals surface area contributed by atoms with Gasteiger partial charge >= 0.3 is 0 Å². The van der Waals surface area contributed by atoms with Gasteiger partial charge in [0.05, 0.1) is 37.9 Å². The van der Waals surface area contributed by atoms with Crippen LogP contribution in [0.4, 0.5) is 0 Å². The lowest BCUT2D eigenvalue weighted by molar-refractivity contribution is -0.168. The van der Waals surface area contributed by atoms with Crippen LogP contribution in [0.1, 0.15) is 36.6 Å². The third-order valence-electron chi connectivity index (χ3n) is 6.88. The number of benzene rings is 2. The molecule has 4 atom stereocenters. The van der Waals surface area contributed by atoms with Crippen molar-refractivity contribution < 1.29 is 29.0 Å². The Labute approximate surface area is 231 Å². The second-order valence-electron chi connectivity index (χ2n) is 9.20. The van der Waals surface area contributed by atoms with Crippen molar-refractivity contribution in [3.05, 3.63) is 69.7 Å². The van der Waals surface area contributed by atoms with Crippen LogP contribution in [0, 0.1) is 0 Å². The summed E-state index contributed by atoms with van der Waals surface area (Å²) in [4.78, 5) is 43.8. The highest BCUT2D eigenvalue weighted by Crippen LogP contribution is 2.35. The number of aliphatic hydroxyl groups excluding tert-OH is 1. The highest BCUT2D eigenvalue weighted by Gasteiger charge is 2.47. The van der Waals surface area contributed by atoms with Crippen molar-refractivity contribution in [1.82, 2.24) is 15.1 Å². The highest BCUT2D eigenvalue weighted by molar-refractivity contribution is 6.30. The van der Waals surface area contributed by atoms with Crippen molar-refractivity contribution in [3.63, 3.8) is 0 Å². The molecule has 2 fully saturated rings. The van der Waals surface area contributed by atoms with Gasteiger partial charge in [-0.3, -0.25) is 14.4 Å². The average molecular weight is 564 g/mol. The first-order valence-corrected chi connectivity index (χ1v) is 13.3.